The fourth-order valence-corrected chi connectivity index (χ4v) is 11.8. The first kappa shape index (κ1) is 33.7. The number of sulfonamides is 1. The summed E-state index contributed by atoms with van der Waals surface area (Å²) in [6.45, 7) is 16.1. The molecule has 0 spiro atoms. The van der Waals surface area contributed by atoms with Crippen LogP contribution in [0.5, 0.6) is 0 Å². The molecule has 4 N–H and O–H groups in total. The van der Waals surface area contributed by atoms with Gasteiger partial charge in [-0.1, -0.05) is 67.0 Å². The highest BCUT2D eigenvalue weighted by Gasteiger charge is 2.64. The molecular formula is C36H58N2O5S. The molecule has 2 unspecified atom stereocenters. The minimum Gasteiger partial charge on any atom is -0.393 e. The van der Waals surface area contributed by atoms with Crippen LogP contribution >= 0.6 is 0 Å². The Morgan fingerprint density at radius 2 is 1.61 bits per heavy atom. The van der Waals surface area contributed by atoms with Gasteiger partial charge >= 0.3 is 6.03 Å². The minimum atomic E-state index is -3.95. The molecule has 0 saturated heterocycles. The molecule has 5 rings (SSSR count). The Hall–Kier alpha value is -1.64. The summed E-state index contributed by atoms with van der Waals surface area (Å²) < 4.78 is 27.8. The predicted octanol–water partition coefficient (Wildman–Crippen LogP) is 6.62. The van der Waals surface area contributed by atoms with Crippen molar-refractivity contribution in [3.63, 3.8) is 0 Å². The van der Waals surface area contributed by atoms with Gasteiger partial charge in [0.2, 0.25) is 0 Å². The van der Waals surface area contributed by atoms with Crippen molar-refractivity contribution in [2.75, 3.05) is 6.54 Å². The predicted molar refractivity (Wildman–Crippen MR) is 174 cm³/mol. The van der Waals surface area contributed by atoms with Crippen molar-refractivity contribution in [3.05, 3.63) is 29.8 Å². The molecule has 4 saturated carbocycles. The number of benzene rings is 1. The number of hydrogen-bond acceptors (Lipinski definition) is 5. The van der Waals surface area contributed by atoms with E-state index in [4.69, 9.17) is 0 Å². The zero-order valence-corrected chi connectivity index (χ0v) is 28.9. The van der Waals surface area contributed by atoms with Crippen LogP contribution in [0.4, 0.5) is 4.79 Å². The smallest absolute Gasteiger partial charge is 0.328 e. The number of amides is 2. The van der Waals surface area contributed by atoms with Gasteiger partial charge in [0.05, 0.1) is 17.1 Å². The molecule has 4 aliphatic rings. The van der Waals surface area contributed by atoms with Gasteiger partial charge in [-0.05, 0) is 127 Å². The van der Waals surface area contributed by atoms with E-state index in [1.54, 1.807) is 24.3 Å². The number of rotatable bonds is 7. The standard InChI is InChI=1S/C36H58N2O5S/c1-8-26-30-21-24(39)15-18-36(30,7)29-16-19-35(6)27(13-14-28(35)31(29)32(26)40)22(2)17-20-37-33(41)38-44(42,43)25-11-9-23(10-12-25)34(3,4)5/h9-12,22,24,26-32,39-40H,8,13-21H2,1-7H3,(H2,37,38,41)/t22-,24-,26-,27?,28+,29+,30+,31+,32-,35?,36-/m1/s1. The number of aliphatic hydroxyl groups excluding tert-OH is 2. The molecule has 0 heterocycles. The van der Waals surface area contributed by atoms with E-state index in [0.717, 1.165) is 56.9 Å². The van der Waals surface area contributed by atoms with Crippen LogP contribution in [0.15, 0.2) is 29.2 Å². The van der Waals surface area contributed by atoms with E-state index in [2.05, 4.69) is 58.5 Å². The Labute approximate surface area is 266 Å². The fourth-order valence-electron chi connectivity index (χ4n) is 10.9. The number of hydrogen-bond donors (Lipinski definition) is 4. The average molecular weight is 631 g/mol. The molecule has 0 aliphatic heterocycles. The van der Waals surface area contributed by atoms with Gasteiger partial charge in [-0.3, -0.25) is 0 Å². The number of nitrogens with one attached hydrogen (secondary N) is 2. The number of carbonyl (C=O) groups is 1. The van der Waals surface area contributed by atoms with Gasteiger partial charge in [0.25, 0.3) is 10.0 Å². The highest BCUT2D eigenvalue weighted by Crippen LogP contribution is 2.69. The van der Waals surface area contributed by atoms with Crippen molar-refractivity contribution in [3.8, 4) is 0 Å². The fraction of sp³-hybridized carbons (Fsp3) is 0.806. The molecule has 0 aromatic heterocycles. The van der Waals surface area contributed by atoms with Crippen LogP contribution in [0.1, 0.15) is 112 Å². The van der Waals surface area contributed by atoms with E-state index in [0.29, 0.717) is 42.1 Å². The summed E-state index contributed by atoms with van der Waals surface area (Å²) in [6, 6.07) is 6.00. The van der Waals surface area contributed by atoms with Crippen LogP contribution in [0.3, 0.4) is 0 Å². The van der Waals surface area contributed by atoms with E-state index in [-0.39, 0.29) is 39.3 Å². The second-order valence-electron chi connectivity index (χ2n) is 16.5. The Morgan fingerprint density at radius 3 is 2.25 bits per heavy atom. The zero-order valence-electron chi connectivity index (χ0n) is 28.1. The van der Waals surface area contributed by atoms with E-state index >= 15 is 0 Å². The molecule has 44 heavy (non-hydrogen) atoms. The Balaban J connectivity index is 1.19. The lowest BCUT2D eigenvalue weighted by Crippen LogP contribution is -2.62. The third-order valence-electron chi connectivity index (χ3n) is 13.3. The van der Waals surface area contributed by atoms with Crippen molar-refractivity contribution in [1.82, 2.24) is 10.0 Å². The molecule has 8 heteroatoms. The van der Waals surface area contributed by atoms with Crippen molar-refractivity contribution in [2.45, 2.75) is 129 Å². The minimum absolute atomic E-state index is 0.0781. The lowest BCUT2D eigenvalue weighted by molar-refractivity contribution is -0.203. The van der Waals surface area contributed by atoms with Gasteiger partial charge < -0.3 is 15.5 Å². The average Bonchev–Trinajstić information content (AvgIpc) is 3.30. The summed E-state index contributed by atoms with van der Waals surface area (Å²) in [5.41, 5.74) is 1.29. The highest BCUT2D eigenvalue weighted by atomic mass is 32.2. The lowest BCUT2D eigenvalue weighted by atomic mass is 9.41. The summed E-state index contributed by atoms with van der Waals surface area (Å²) in [6.07, 6.45) is 8.60. The molecule has 4 aliphatic carbocycles. The summed E-state index contributed by atoms with van der Waals surface area (Å²) in [5.74, 6) is 2.87. The number of aliphatic hydroxyl groups is 2. The molecular weight excluding hydrogens is 572 g/mol. The van der Waals surface area contributed by atoms with E-state index in [1.807, 2.05) is 0 Å². The van der Waals surface area contributed by atoms with Crippen LogP contribution in [0, 0.1) is 52.3 Å². The van der Waals surface area contributed by atoms with Gasteiger partial charge in [-0.15, -0.1) is 0 Å². The summed E-state index contributed by atoms with van der Waals surface area (Å²) in [4.78, 5) is 12.7. The maximum absolute atomic E-state index is 12.8. The van der Waals surface area contributed by atoms with Gasteiger partial charge in [-0.25, -0.2) is 17.9 Å². The molecule has 7 nitrogen and oxygen atoms in total. The second-order valence-corrected chi connectivity index (χ2v) is 18.2. The Bertz CT molecular complexity index is 1290. The second kappa shape index (κ2) is 12.2. The molecule has 4 fully saturated rings. The Morgan fingerprint density at radius 1 is 0.977 bits per heavy atom. The van der Waals surface area contributed by atoms with Crippen LogP contribution < -0.4 is 10.0 Å². The van der Waals surface area contributed by atoms with Crippen molar-refractivity contribution in [1.29, 1.82) is 0 Å². The van der Waals surface area contributed by atoms with E-state index in [9.17, 15) is 23.4 Å². The van der Waals surface area contributed by atoms with Crippen LogP contribution in [0.2, 0.25) is 0 Å². The topological polar surface area (TPSA) is 116 Å². The number of fused-ring (bicyclic) bond motifs is 5. The van der Waals surface area contributed by atoms with Crippen molar-refractivity contribution < 1.29 is 23.4 Å². The van der Waals surface area contributed by atoms with Gasteiger partial charge in [-0.2, -0.15) is 0 Å². The lowest BCUT2D eigenvalue weighted by Gasteiger charge is -2.64. The highest BCUT2D eigenvalue weighted by molar-refractivity contribution is 7.90. The first-order valence-corrected chi connectivity index (χ1v) is 18.8. The first-order valence-electron chi connectivity index (χ1n) is 17.3. The number of urea groups is 1. The van der Waals surface area contributed by atoms with Gasteiger partial charge in [0.15, 0.2) is 0 Å². The molecule has 1 aromatic rings. The quantitative estimate of drug-likeness (QED) is 0.270. The normalized spacial score (nSPS) is 39.5. The third kappa shape index (κ3) is 5.97. The largest absolute Gasteiger partial charge is 0.393 e. The van der Waals surface area contributed by atoms with Crippen molar-refractivity contribution in [2.24, 2.45) is 52.3 Å². The molecule has 2 amide bonds. The zero-order chi connectivity index (χ0) is 32.2. The van der Waals surface area contributed by atoms with Gasteiger partial charge in [0.1, 0.15) is 0 Å². The monoisotopic (exact) mass is 630 g/mol. The van der Waals surface area contributed by atoms with Crippen LogP contribution in [-0.4, -0.2) is 43.4 Å². The van der Waals surface area contributed by atoms with Crippen LogP contribution in [-0.2, 0) is 15.4 Å². The first-order chi connectivity index (χ1) is 20.5. The molecule has 0 radical (unpaired) electrons. The van der Waals surface area contributed by atoms with E-state index < -0.39 is 16.1 Å². The van der Waals surface area contributed by atoms with Crippen LogP contribution in [0.25, 0.3) is 0 Å². The van der Waals surface area contributed by atoms with Gasteiger partial charge in [0, 0.05) is 6.54 Å². The maximum Gasteiger partial charge on any atom is 0.328 e. The molecule has 0 bridgehead atoms. The molecule has 11 atom stereocenters. The summed E-state index contributed by atoms with van der Waals surface area (Å²) >= 11 is 0. The number of carbonyl (C=O) groups excluding carboxylic acids is 1. The molecule has 1 aromatic carbocycles. The SMILES string of the molecule is CC[C@H]1[C@@H](O)[C@H]2[C@@H]3CCC([C@H](C)CCNC(=O)NS(=O)(=O)c4ccc(C(C)(C)C)cc4)C3(C)CC[C@@H]2[C@@]2(C)CC[C@@H](O)C[C@@H]12. The van der Waals surface area contributed by atoms with Crippen molar-refractivity contribution >= 4 is 16.1 Å². The molecule has 248 valence electrons. The Kier molecular flexibility index (Phi) is 9.34. The maximum atomic E-state index is 12.8. The van der Waals surface area contributed by atoms with E-state index in [1.165, 1.54) is 6.42 Å². The summed E-state index contributed by atoms with van der Waals surface area (Å²) in [5, 5.41) is 25.3. The summed E-state index contributed by atoms with van der Waals surface area (Å²) in [7, 11) is -3.95. The third-order valence-corrected chi connectivity index (χ3v) is 14.6.